The second kappa shape index (κ2) is 5.18. The van der Waals surface area contributed by atoms with Gasteiger partial charge in [0.1, 0.15) is 5.82 Å². The summed E-state index contributed by atoms with van der Waals surface area (Å²) in [6.45, 7) is 1.79. The Labute approximate surface area is 120 Å². The van der Waals surface area contributed by atoms with E-state index in [1.807, 2.05) is 0 Å². The molecule has 2 aromatic rings. The zero-order chi connectivity index (χ0) is 14.0. The lowest BCUT2D eigenvalue weighted by atomic mass is 10.2. The van der Waals surface area contributed by atoms with Gasteiger partial charge in [0.05, 0.1) is 16.8 Å². The molecule has 1 aromatic heterocycles. The van der Waals surface area contributed by atoms with Crippen LogP contribution in [0, 0.1) is 6.92 Å². The minimum Gasteiger partial charge on any atom is -0.397 e. The fourth-order valence-corrected chi connectivity index (χ4v) is 2.70. The normalized spacial score (nSPS) is 11.3. The van der Waals surface area contributed by atoms with Crippen molar-refractivity contribution in [1.82, 2.24) is 4.98 Å². The van der Waals surface area contributed by atoms with Crippen molar-refractivity contribution >= 4 is 37.5 Å². The van der Waals surface area contributed by atoms with Crippen LogP contribution >= 0.6 is 15.9 Å². The van der Waals surface area contributed by atoms with Crippen LogP contribution in [0.1, 0.15) is 5.56 Å². The Balaban J connectivity index is 2.30. The summed E-state index contributed by atoms with van der Waals surface area (Å²) in [5.74, 6) is 0.245. The summed E-state index contributed by atoms with van der Waals surface area (Å²) >= 11 is 3.26. The molecule has 2 rings (SSSR count). The summed E-state index contributed by atoms with van der Waals surface area (Å²) in [5.41, 5.74) is 6.92. The van der Waals surface area contributed by atoms with E-state index in [9.17, 15) is 8.42 Å². The number of nitrogens with zero attached hydrogens (tertiary/aromatic N) is 1. The highest BCUT2D eigenvalue weighted by Gasteiger charge is 2.14. The van der Waals surface area contributed by atoms with Crippen LogP contribution in [0.5, 0.6) is 0 Å². The maximum Gasteiger partial charge on any atom is 0.263 e. The highest BCUT2D eigenvalue weighted by atomic mass is 79.9. The van der Waals surface area contributed by atoms with Gasteiger partial charge in [-0.15, -0.1) is 0 Å². The molecule has 0 radical (unpaired) electrons. The molecule has 100 valence electrons. The molecule has 0 amide bonds. The number of aryl methyl sites for hydroxylation is 1. The minimum absolute atomic E-state index is 0.173. The van der Waals surface area contributed by atoms with Crippen LogP contribution in [-0.2, 0) is 10.0 Å². The van der Waals surface area contributed by atoms with Crippen LogP contribution in [-0.4, -0.2) is 13.4 Å². The molecule has 0 saturated carbocycles. The summed E-state index contributed by atoms with van der Waals surface area (Å²) in [6, 6.07) is 7.94. The molecular weight excluding hydrogens is 330 g/mol. The van der Waals surface area contributed by atoms with Gasteiger partial charge in [-0.25, -0.2) is 13.4 Å². The van der Waals surface area contributed by atoms with Crippen LogP contribution in [0.3, 0.4) is 0 Å². The van der Waals surface area contributed by atoms with Gasteiger partial charge in [0.2, 0.25) is 0 Å². The summed E-state index contributed by atoms with van der Waals surface area (Å²) in [4.78, 5) is 4.12. The third-order valence-electron chi connectivity index (χ3n) is 2.51. The number of benzene rings is 1. The summed E-state index contributed by atoms with van der Waals surface area (Å²) in [5, 5.41) is 0. The van der Waals surface area contributed by atoms with Gasteiger partial charge in [-0.3, -0.25) is 4.72 Å². The first kappa shape index (κ1) is 13.8. The molecule has 0 aliphatic rings. The fourth-order valence-electron chi connectivity index (χ4n) is 1.43. The molecule has 0 unspecified atom stereocenters. The van der Waals surface area contributed by atoms with E-state index in [1.165, 1.54) is 18.3 Å². The Kier molecular flexibility index (Phi) is 3.77. The molecule has 0 aliphatic heterocycles. The van der Waals surface area contributed by atoms with E-state index in [4.69, 9.17) is 5.73 Å². The van der Waals surface area contributed by atoms with Crippen molar-refractivity contribution < 1.29 is 8.42 Å². The molecule has 0 atom stereocenters. The van der Waals surface area contributed by atoms with Crippen LogP contribution in [0.2, 0.25) is 0 Å². The monoisotopic (exact) mass is 341 g/mol. The number of aromatic nitrogens is 1. The Morgan fingerprint density at radius 3 is 2.47 bits per heavy atom. The number of hydrogen-bond acceptors (Lipinski definition) is 4. The number of pyridine rings is 1. The zero-order valence-electron chi connectivity index (χ0n) is 10.1. The number of anilines is 2. The third-order valence-corrected chi connectivity index (χ3v) is 4.41. The third kappa shape index (κ3) is 3.24. The predicted molar refractivity (Wildman–Crippen MR) is 78.3 cm³/mol. The highest BCUT2D eigenvalue weighted by molar-refractivity contribution is 9.10. The van der Waals surface area contributed by atoms with E-state index in [0.717, 1.165) is 10.0 Å². The fraction of sp³-hybridized carbons (Fsp3) is 0.0833. The van der Waals surface area contributed by atoms with Crippen molar-refractivity contribution in [2.45, 2.75) is 11.8 Å². The smallest absolute Gasteiger partial charge is 0.263 e. The first-order chi connectivity index (χ1) is 8.88. The average molecular weight is 342 g/mol. The number of nitrogen functional groups attached to an aromatic ring is 1. The SMILES string of the molecule is Cc1cc(NS(=O)(=O)c2ccc(Br)cc2)ncc1N. The van der Waals surface area contributed by atoms with E-state index >= 15 is 0 Å². The van der Waals surface area contributed by atoms with Crippen molar-refractivity contribution in [3.05, 3.63) is 46.6 Å². The van der Waals surface area contributed by atoms with Crippen LogP contribution in [0.15, 0.2) is 45.9 Å². The van der Waals surface area contributed by atoms with Gasteiger partial charge in [-0.1, -0.05) is 15.9 Å². The Morgan fingerprint density at radius 2 is 1.89 bits per heavy atom. The average Bonchev–Trinajstić information content (AvgIpc) is 2.34. The van der Waals surface area contributed by atoms with Crippen molar-refractivity contribution in [3.8, 4) is 0 Å². The van der Waals surface area contributed by atoms with E-state index in [0.29, 0.717) is 5.69 Å². The minimum atomic E-state index is -3.63. The van der Waals surface area contributed by atoms with Gasteiger partial charge in [-0.2, -0.15) is 0 Å². The molecule has 1 heterocycles. The van der Waals surface area contributed by atoms with Gasteiger partial charge >= 0.3 is 0 Å². The molecule has 3 N–H and O–H groups in total. The van der Waals surface area contributed by atoms with Gasteiger partial charge in [0.15, 0.2) is 0 Å². The molecule has 0 fully saturated rings. The summed E-state index contributed by atoms with van der Waals surface area (Å²) in [7, 11) is -3.63. The molecule has 0 aliphatic carbocycles. The van der Waals surface area contributed by atoms with E-state index < -0.39 is 10.0 Å². The van der Waals surface area contributed by atoms with E-state index in [-0.39, 0.29) is 10.7 Å². The number of sulfonamides is 1. The molecule has 7 heteroatoms. The Morgan fingerprint density at radius 1 is 1.26 bits per heavy atom. The molecule has 1 aromatic carbocycles. The molecule has 19 heavy (non-hydrogen) atoms. The van der Waals surface area contributed by atoms with Crippen LogP contribution < -0.4 is 10.5 Å². The summed E-state index contributed by atoms with van der Waals surface area (Å²) < 4.78 is 27.4. The molecule has 0 saturated heterocycles. The zero-order valence-corrected chi connectivity index (χ0v) is 12.5. The van der Waals surface area contributed by atoms with Crippen molar-refractivity contribution in [2.75, 3.05) is 10.5 Å². The Bertz CT molecular complexity index is 699. The van der Waals surface area contributed by atoms with Crippen molar-refractivity contribution in [3.63, 3.8) is 0 Å². The molecule has 5 nitrogen and oxygen atoms in total. The largest absolute Gasteiger partial charge is 0.397 e. The topological polar surface area (TPSA) is 85.1 Å². The second-order valence-electron chi connectivity index (χ2n) is 3.99. The van der Waals surface area contributed by atoms with Gasteiger partial charge in [0, 0.05) is 4.47 Å². The number of rotatable bonds is 3. The van der Waals surface area contributed by atoms with Crippen LogP contribution in [0.4, 0.5) is 11.5 Å². The van der Waals surface area contributed by atoms with Crippen LogP contribution in [0.25, 0.3) is 0 Å². The second-order valence-corrected chi connectivity index (χ2v) is 6.58. The van der Waals surface area contributed by atoms with Gasteiger partial charge < -0.3 is 5.73 Å². The first-order valence-corrected chi connectivity index (χ1v) is 7.66. The lowest BCUT2D eigenvalue weighted by Crippen LogP contribution is -2.14. The van der Waals surface area contributed by atoms with Gasteiger partial charge in [-0.05, 0) is 42.8 Å². The standard InChI is InChI=1S/C12H12BrN3O2S/c1-8-6-12(15-7-11(8)14)16-19(17,18)10-4-2-9(13)3-5-10/h2-7H,14H2,1H3,(H,15,16). The van der Waals surface area contributed by atoms with Crippen molar-refractivity contribution in [1.29, 1.82) is 0 Å². The maximum absolute atomic E-state index is 12.1. The number of halogens is 1. The molecular formula is C12H12BrN3O2S. The predicted octanol–water partition coefficient (Wildman–Crippen LogP) is 2.54. The first-order valence-electron chi connectivity index (χ1n) is 5.39. The van der Waals surface area contributed by atoms with E-state index in [1.54, 1.807) is 25.1 Å². The van der Waals surface area contributed by atoms with E-state index in [2.05, 4.69) is 25.6 Å². The number of hydrogen-bond donors (Lipinski definition) is 2. The van der Waals surface area contributed by atoms with Gasteiger partial charge in [0.25, 0.3) is 10.0 Å². The molecule has 0 bridgehead atoms. The molecule has 0 spiro atoms. The maximum atomic E-state index is 12.1. The lowest BCUT2D eigenvalue weighted by molar-refractivity contribution is 0.601. The Hall–Kier alpha value is -1.60. The summed E-state index contributed by atoms with van der Waals surface area (Å²) in [6.07, 6.45) is 1.43. The number of nitrogens with two attached hydrogens (primary N) is 1. The lowest BCUT2D eigenvalue weighted by Gasteiger charge is -2.08. The highest BCUT2D eigenvalue weighted by Crippen LogP contribution is 2.19. The van der Waals surface area contributed by atoms with Crippen molar-refractivity contribution in [2.24, 2.45) is 0 Å². The quantitative estimate of drug-likeness (QED) is 0.898. The number of nitrogens with one attached hydrogen (secondary N) is 1.